The Labute approximate surface area is 184 Å². The highest BCUT2D eigenvalue weighted by molar-refractivity contribution is 7.14. The highest BCUT2D eigenvalue weighted by Crippen LogP contribution is 2.28. The average Bonchev–Trinajstić information content (AvgIpc) is 3.18. The third-order valence-electron chi connectivity index (χ3n) is 5.26. The van der Waals surface area contributed by atoms with Crippen LogP contribution in [0.3, 0.4) is 0 Å². The molecule has 4 nitrogen and oxygen atoms in total. The largest absolute Gasteiger partial charge is 0.335 e. The van der Waals surface area contributed by atoms with Crippen molar-refractivity contribution in [1.29, 1.82) is 0 Å². The van der Waals surface area contributed by atoms with Crippen LogP contribution in [0.4, 0.5) is 10.8 Å². The zero-order valence-electron chi connectivity index (χ0n) is 18.3. The fraction of sp³-hybridized carbons (Fsp3) is 0.360. The summed E-state index contributed by atoms with van der Waals surface area (Å²) in [4.78, 5) is 18.7. The van der Waals surface area contributed by atoms with Gasteiger partial charge in [-0.25, -0.2) is 4.98 Å². The fourth-order valence-electron chi connectivity index (χ4n) is 3.73. The lowest BCUT2D eigenvalue weighted by molar-refractivity contribution is -0.717. The van der Waals surface area contributed by atoms with Crippen LogP contribution in [0.1, 0.15) is 57.0 Å². The summed E-state index contributed by atoms with van der Waals surface area (Å²) < 4.78 is 0. The van der Waals surface area contributed by atoms with Gasteiger partial charge in [-0.15, -0.1) is 11.3 Å². The van der Waals surface area contributed by atoms with Crippen LogP contribution < -0.4 is 10.2 Å². The number of amides is 1. The van der Waals surface area contributed by atoms with Crippen LogP contribution in [-0.2, 0) is 17.8 Å². The first kappa shape index (κ1) is 22.2. The molecule has 158 valence electrons. The van der Waals surface area contributed by atoms with Crippen LogP contribution in [0.2, 0.25) is 0 Å². The van der Waals surface area contributed by atoms with Crippen molar-refractivity contribution in [3.8, 4) is 0 Å². The second-order valence-electron chi connectivity index (χ2n) is 8.01. The molecule has 3 rings (SSSR count). The Bertz CT molecular complexity index is 935. The molecule has 0 radical (unpaired) electrons. The Balaban J connectivity index is 1.71. The maximum Gasteiger partial charge on any atom is 0.230 e. The molecule has 3 aromatic rings. The van der Waals surface area contributed by atoms with Crippen molar-refractivity contribution in [2.75, 3.05) is 4.90 Å². The summed E-state index contributed by atoms with van der Waals surface area (Å²) in [5.41, 5.74) is 4.61. The van der Waals surface area contributed by atoms with Gasteiger partial charge in [-0.3, -0.25) is 9.69 Å². The summed E-state index contributed by atoms with van der Waals surface area (Å²) in [6.07, 6.45) is 2.30. The zero-order valence-corrected chi connectivity index (χ0v) is 19.2. The molecule has 1 amide bonds. The Hall–Kier alpha value is -2.50. The molecule has 0 fully saturated rings. The minimum absolute atomic E-state index is 0.0293. The van der Waals surface area contributed by atoms with Crippen LogP contribution in [0.15, 0.2) is 60.0 Å². The topological polar surface area (TPSA) is 49.8 Å². The lowest BCUT2D eigenvalue weighted by Crippen LogP contribution is -2.84. The van der Waals surface area contributed by atoms with Crippen LogP contribution in [0, 0.1) is 5.92 Å². The Morgan fingerprint density at radius 1 is 1.10 bits per heavy atom. The quantitative estimate of drug-likeness (QED) is 0.513. The van der Waals surface area contributed by atoms with Gasteiger partial charge in [-0.2, -0.15) is 0 Å². The van der Waals surface area contributed by atoms with E-state index < -0.39 is 0 Å². The highest BCUT2D eigenvalue weighted by Gasteiger charge is 2.21. The third-order valence-corrected chi connectivity index (χ3v) is 6.14. The molecule has 30 heavy (non-hydrogen) atoms. The lowest BCUT2D eigenvalue weighted by atomic mass is 9.94. The first-order valence-corrected chi connectivity index (χ1v) is 11.6. The summed E-state index contributed by atoms with van der Waals surface area (Å²) in [5.74, 6) is 0.483. The molecular formula is C25H32N3OS+. The molecule has 0 spiro atoms. The summed E-state index contributed by atoms with van der Waals surface area (Å²) in [7, 11) is 0. The van der Waals surface area contributed by atoms with Gasteiger partial charge < -0.3 is 5.32 Å². The maximum absolute atomic E-state index is 12.3. The second kappa shape index (κ2) is 10.5. The van der Waals surface area contributed by atoms with Gasteiger partial charge in [0.15, 0.2) is 5.13 Å². The monoisotopic (exact) mass is 422 g/mol. The molecule has 1 heterocycles. The van der Waals surface area contributed by atoms with Gasteiger partial charge >= 0.3 is 0 Å². The third kappa shape index (κ3) is 5.55. The number of hydrogen-bond acceptors (Lipinski definition) is 3. The highest BCUT2D eigenvalue weighted by atomic mass is 32.1. The number of thiazole rings is 1. The van der Waals surface area contributed by atoms with Crippen molar-refractivity contribution in [1.82, 2.24) is 4.98 Å². The van der Waals surface area contributed by atoms with Crippen molar-refractivity contribution in [3.05, 3.63) is 76.8 Å². The predicted molar refractivity (Wildman–Crippen MR) is 125 cm³/mol. The molecule has 0 aliphatic carbocycles. The van der Waals surface area contributed by atoms with E-state index in [0.29, 0.717) is 12.0 Å². The van der Waals surface area contributed by atoms with E-state index in [9.17, 15) is 4.79 Å². The summed E-state index contributed by atoms with van der Waals surface area (Å²) in [5, 5.41) is 5.15. The number of rotatable bonds is 9. The summed E-state index contributed by atoms with van der Waals surface area (Å²) in [6, 6.07) is 19.1. The van der Waals surface area contributed by atoms with Gasteiger partial charge in [-0.1, -0.05) is 69.7 Å². The first-order valence-electron chi connectivity index (χ1n) is 10.7. The van der Waals surface area contributed by atoms with Crippen LogP contribution in [0.5, 0.6) is 0 Å². The molecule has 0 bridgehead atoms. The van der Waals surface area contributed by atoms with E-state index in [0.717, 1.165) is 29.5 Å². The van der Waals surface area contributed by atoms with Crippen molar-refractivity contribution in [2.45, 2.75) is 53.1 Å². The van der Waals surface area contributed by atoms with Crippen LogP contribution in [-0.4, -0.2) is 10.9 Å². The number of hydrogen-bond donors (Lipinski definition) is 1. The minimum Gasteiger partial charge on any atom is -0.335 e. The van der Waals surface area contributed by atoms with E-state index in [1.165, 1.54) is 28.9 Å². The van der Waals surface area contributed by atoms with E-state index in [2.05, 4.69) is 55.7 Å². The van der Waals surface area contributed by atoms with Crippen molar-refractivity contribution in [2.24, 2.45) is 5.92 Å². The normalized spacial score (nSPS) is 12.2. The summed E-state index contributed by atoms with van der Waals surface area (Å²) >= 11 is 1.52. The van der Waals surface area contributed by atoms with Crippen LogP contribution in [0.25, 0.3) is 0 Å². The predicted octanol–water partition coefficient (Wildman–Crippen LogP) is 5.24. The molecule has 2 aromatic carbocycles. The molecule has 1 atom stereocenters. The molecule has 0 aliphatic heterocycles. The smallest absolute Gasteiger partial charge is 0.230 e. The standard InChI is InChI=1S/C25H31N3OS/c1-5-9-20-12-14-21(15-13-20)24(18(2)3)26-16-22-17-30-25(27-22)28(19(4)29)23-10-7-6-8-11-23/h6-8,10-15,17-18,24,26H,5,9,16H2,1-4H3/p+1/t24-/m0/s1. The number of para-hydroxylation sites is 1. The molecule has 2 N–H and O–H groups in total. The summed E-state index contributed by atoms with van der Waals surface area (Å²) in [6.45, 7) is 9.11. The van der Waals surface area contributed by atoms with Gasteiger partial charge in [0, 0.05) is 23.8 Å². The van der Waals surface area contributed by atoms with Crippen molar-refractivity contribution in [3.63, 3.8) is 0 Å². The number of carbonyl (C=O) groups excluding carboxylic acids is 1. The van der Waals surface area contributed by atoms with E-state index >= 15 is 0 Å². The van der Waals surface area contributed by atoms with E-state index in [-0.39, 0.29) is 5.91 Å². The average molecular weight is 423 g/mol. The number of nitrogens with two attached hydrogens (primary N) is 1. The van der Waals surface area contributed by atoms with Gasteiger partial charge in [0.2, 0.25) is 5.91 Å². The second-order valence-corrected chi connectivity index (χ2v) is 8.85. The van der Waals surface area contributed by atoms with Gasteiger partial charge in [0.25, 0.3) is 0 Å². The van der Waals surface area contributed by atoms with Gasteiger partial charge in [0.05, 0.1) is 5.69 Å². The van der Waals surface area contributed by atoms with Gasteiger partial charge in [0.1, 0.15) is 18.3 Å². The molecule has 1 aromatic heterocycles. The number of benzene rings is 2. The molecule has 0 saturated carbocycles. The maximum atomic E-state index is 12.3. The molecule has 0 unspecified atom stereocenters. The number of nitrogens with zero attached hydrogens (tertiary/aromatic N) is 2. The first-order chi connectivity index (χ1) is 14.5. The van der Waals surface area contributed by atoms with Crippen molar-refractivity contribution >= 4 is 28.1 Å². The SMILES string of the molecule is CCCc1ccc([C@@H]([NH2+]Cc2csc(N(C(C)=O)c3ccccc3)n2)C(C)C)cc1. The molecule has 0 saturated heterocycles. The van der Waals surface area contributed by atoms with Crippen molar-refractivity contribution < 1.29 is 10.1 Å². The van der Waals surface area contributed by atoms with E-state index in [1.54, 1.807) is 11.8 Å². The number of carbonyl (C=O) groups is 1. The number of aromatic nitrogens is 1. The number of anilines is 2. The molecular weight excluding hydrogens is 390 g/mol. The Morgan fingerprint density at radius 2 is 1.80 bits per heavy atom. The zero-order chi connectivity index (χ0) is 21.5. The van der Waals surface area contributed by atoms with Crippen LogP contribution >= 0.6 is 11.3 Å². The Kier molecular flexibility index (Phi) is 7.77. The number of quaternary nitrogens is 1. The number of aryl methyl sites for hydroxylation is 1. The minimum atomic E-state index is -0.0293. The fourth-order valence-corrected chi connectivity index (χ4v) is 4.63. The molecule has 5 heteroatoms. The Morgan fingerprint density at radius 3 is 2.40 bits per heavy atom. The van der Waals surface area contributed by atoms with E-state index in [1.807, 2.05) is 30.3 Å². The van der Waals surface area contributed by atoms with E-state index in [4.69, 9.17) is 4.98 Å². The van der Waals surface area contributed by atoms with Gasteiger partial charge in [-0.05, 0) is 24.1 Å². The lowest BCUT2D eigenvalue weighted by Gasteiger charge is -2.20. The molecule has 0 aliphatic rings.